The molecule has 3 aliphatic heterocycles. The minimum absolute atomic E-state index is 0.000876. The summed E-state index contributed by atoms with van der Waals surface area (Å²) in [5, 5.41) is 48.5. The maximum Gasteiger partial charge on any atom is 0.176 e. The second-order valence-electron chi connectivity index (χ2n) is 22.4. The summed E-state index contributed by atoms with van der Waals surface area (Å²) < 4.78 is 85.7. The van der Waals surface area contributed by atoms with Crippen molar-refractivity contribution in [1.82, 2.24) is 19.7 Å². The average Bonchev–Trinajstić information content (AvgIpc) is 4.35. The van der Waals surface area contributed by atoms with Gasteiger partial charge in [0.25, 0.3) is 0 Å². The van der Waals surface area contributed by atoms with Crippen LogP contribution in [0.2, 0.25) is 0 Å². The summed E-state index contributed by atoms with van der Waals surface area (Å²) in [6, 6.07) is 30.3. The highest BCUT2D eigenvalue weighted by molar-refractivity contribution is 5.97. The fourth-order valence-electron chi connectivity index (χ4n) is 12.9. The number of carbonyl (C=O) groups is 1. The van der Waals surface area contributed by atoms with Crippen LogP contribution in [0.25, 0.3) is 0 Å². The number of Topliss-reactive ketones (excluding diaryl/α,β-unsaturated/α-hetero) is 1. The zero-order chi connectivity index (χ0) is 56.0. The van der Waals surface area contributed by atoms with E-state index in [-0.39, 0.29) is 59.4 Å². The molecule has 13 nitrogen and oxygen atoms in total. The molecule has 11 atom stereocenters. The van der Waals surface area contributed by atoms with Crippen molar-refractivity contribution in [1.29, 1.82) is 0 Å². The van der Waals surface area contributed by atoms with Gasteiger partial charge < -0.3 is 39.7 Å². The number of ether oxygens (including phenoxy) is 3. The summed E-state index contributed by atoms with van der Waals surface area (Å²) in [6.45, 7) is 6.28. The topological polar surface area (TPSA) is 169 Å². The number of ketones is 1. The number of carbonyl (C=O) groups excluding carboxylic acids is 1. The molecule has 4 heterocycles. The molecule has 18 heteroatoms. The Morgan fingerprint density at radius 3 is 1.29 bits per heavy atom. The van der Waals surface area contributed by atoms with Crippen LogP contribution in [-0.2, 0) is 0 Å². The van der Waals surface area contributed by atoms with Crippen molar-refractivity contribution in [2.24, 2.45) is 35.5 Å². The standard InChI is InChI=1S/C21H23F2NO3.C21H21F2NO3.C20H23FN2O3/c2*22-17-3-1-2-4-21(17)27-16-7-14-10-24(11-15(14)8-16)12-20(26)13-5-6-19(25)18(23)9-13;21-17-3-1-2-4-20(17)26-16-7-13-10-23(11-14(13)8-16)12-19(25)18-6-5-15(24)9-22-18/h1-6,9,14-16,20,25-26H,7-8,10-12H2;1-6,9,14-16,25H,7-8,10-12H2;1-6,9,13-14,16,19,24-25H,7-8,10-12H2/t14-,15+,16?,20?;14-,15+,16?;13-,14+,16?,19?. The number of rotatable bonds is 15. The van der Waals surface area contributed by atoms with Crippen molar-refractivity contribution in [3.63, 3.8) is 0 Å². The number of pyridine rings is 1. The number of aliphatic hydroxyl groups excluding tert-OH is 2. The van der Waals surface area contributed by atoms with E-state index in [2.05, 4.69) is 19.7 Å². The number of β-amino-alcohol motifs (C(OH)–C–C–N with tert-alkyl or cyclic N) is 2. The first-order valence-corrected chi connectivity index (χ1v) is 27.5. The van der Waals surface area contributed by atoms with E-state index in [4.69, 9.17) is 14.2 Å². The van der Waals surface area contributed by atoms with Gasteiger partial charge in [0.05, 0.1) is 42.9 Å². The molecule has 1 aromatic heterocycles. The van der Waals surface area contributed by atoms with E-state index in [9.17, 15) is 52.3 Å². The van der Waals surface area contributed by atoms with Gasteiger partial charge in [-0.05, 0) is 158 Å². The zero-order valence-corrected chi connectivity index (χ0v) is 44.1. The largest absolute Gasteiger partial charge is 0.506 e. The molecular weight excluding hydrogens is 1040 g/mol. The summed E-state index contributed by atoms with van der Waals surface area (Å²) in [5.41, 5.74) is 1.30. The molecule has 3 saturated carbocycles. The summed E-state index contributed by atoms with van der Waals surface area (Å²) in [7, 11) is 0. The molecular formula is C62H67F5N4O9. The van der Waals surface area contributed by atoms with E-state index in [1.54, 1.807) is 60.7 Å². The van der Waals surface area contributed by atoms with E-state index in [1.807, 2.05) is 0 Å². The number of fused-ring (bicyclic) bond motifs is 3. The van der Waals surface area contributed by atoms with E-state index >= 15 is 0 Å². The SMILES string of the molecule is O=C(CN1C[C@H]2CC(Oc3ccccc3F)C[C@H]2C1)c1ccc(O)c(F)c1.Oc1ccc(C(O)CN2C[C@H]3CC(Oc4ccccc4F)C[C@H]3C2)cc1F.Oc1ccc(C(O)CN2C[C@H]3CC(Oc4ccccc4F)C[C@H]3C2)nc1. The molecule has 0 spiro atoms. The van der Waals surface area contributed by atoms with Gasteiger partial charge in [0.1, 0.15) is 11.9 Å². The van der Waals surface area contributed by atoms with Gasteiger partial charge in [0.15, 0.2) is 63.6 Å². The highest BCUT2D eigenvalue weighted by atomic mass is 19.1. The third-order valence-corrected chi connectivity index (χ3v) is 16.7. The molecule has 6 aromatic rings. The number of nitrogens with zero attached hydrogens (tertiary/aromatic N) is 4. The quantitative estimate of drug-likeness (QED) is 0.0487. The molecule has 12 rings (SSSR count). The number of aromatic nitrogens is 1. The second-order valence-corrected chi connectivity index (χ2v) is 22.4. The highest BCUT2D eigenvalue weighted by Gasteiger charge is 2.45. The van der Waals surface area contributed by atoms with Gasteiger partial charge in [-0.25, -0.2) is 22.0 Å². The van der Waals surface area contributed by atoms with Crippen LogP contribution < -0.4 is 14.2 Å². The maximum absolute atomic E-state index is 13.7. The molecule has 3 aliphatic carbocycles. The normalized spacial score (nSPS) is 25.8. The number of aliphatic hydroxyl groups is 2. The second kappa shape index (κ2) is 25.3. The van der Waals surface area contributed by atoms with Crippen molar-refractivity contribution in [2.45, 2.75) is 69.0 Å². The fourth-order valence-corrected chi connectivity index (χ4v) is 12.9. The van der Waals surface area contributed by atoms with Crippen LogP contribution in [0.15, 0.2) is 128 Å². The van der Waals surface area contributed by atoms with Crippen LogP contribution in [0.5, 0.6) is 34.5 Å². The Labute approximate surface area is 461 Å². The molecule has 5 N–H and O–H groups in total. The third kappa shape index (κ3) is 14.0. The van der Waals surface area contributed by atoms with Crippen molar-refractivity contribution < 1.29 is 66.5 Å². The number of aromatic hydroxyl groups is 3. The van der Waals surface area contributed by atoms with Crippen LogP contribution >= 0.6 is 0 Å². The van der Waals surface area contributed by atoms with Gasteiger partial charge in [-0.2, -0.15) is 0 Å². The van der Waals surface area contributed by atoms with Crippen molar-refractivity contribution >= 4 is 5.78 Å². The number of hydrogen-bond donors (Lipinski definition) is 5. The molecule has 6 aliphatic rings. The predicted octanol–water partition coefficient (Wildman–Crippen LogP) is 9.88. The molecule has 5 unspecified atom stereocenters. The van der Waals surface area contributed by atoms with Gasteiger partial charge in [-0.15, -0.1) is 0 Å². The number of likely N-dealkylation sites (tertiary alicyclic amines) is 3. The Kier molecular flexibility index (Phi) is 17.9. The molecule has 3 saturated heterocycles. The summed E-state index contributed by atoms with van der Waals surface area (Å²) >= 11 is 0. The zero-order valence-electron chi connectivity index (χ0n) is 44.1. The summed E-state index contributed by atoms with van der Waals surface area (Å²) in [5.74, 6) is 0.323. The lowest BCUT2D eigenvalue weighted by Crippen LogP contribution is -2.30. The minimum atomic E-state index is -0.801. The van der Waals surface area contributed by atoms with E-state index in [0.717, 1.165) is 83.9 Å². The summed E-state index contributed by atoms with van der Waals surface area (Å²) in [6.07, 6.45) is 5.25. The first kappa shape index (κ1) is 56.4. The van der Waals surface area contributed by atoms with Crippen LogP contribution in [-0.4, -0.2) is 128 Å². The van der Waals surface area contributed by atoms with E-state index in [0.29, 0.717) is 77.1 Å². The Morgan fingerprint density at radius 2 is 0.887 bits per heavy atom. The molecule has 80 heavy (non-hydrogen) atoms. The third-order valence-electron chi connectivity index (χ3n) is 16.7. The Balaban J connectivity index is 0.000000135. The van der Waals surface area contributed by atoms with Crippen LogP contribution in [0.1, 0.15) is 72.3 Å². The average molecular weight is 1110 g/mol. The molecule has 5 aromatic carbocycles. The Bertz CT molecular complexity index is 3030. The molecule has 0 amide bonds. The minimum Gasteiger partial charge on any atom is -0.506 e. The van der Waals surface area contributed by atoms with Crippen LogP contribution in [0, 0.1) is 64.6 Å². The number of phenolic OH excluding ortho intramolecular Hbond substituents is 2. The lowest BCUT2D eigenvalue weighted by atomic mass is 10.0. The predicted molar refractivity (Wildman–Crippen MR) is 287 cm³/mol. The van der Waals surface area contributed by atoms with E-state index < -0.39 is 35.3 Å². The van der Waals surface area contributed by atoms with Gasteiger partial charge >= 0.3 is 0 Å². The van der Waals surface area contributed by atoms with Crippen molar-refractivity contribution in [3.05, 3.63) is 173 Å². The number of hydrogen-bond acceptors (Lipinski definition) is 13. The van der Waals surface area contributed by atoms with Gasteiger partial charge in [-0.3, -0.25) is 24.5 Å². The smallest absolute Gasteiger partial charge is 0.176 e. The first-order chi connectivity index (χ1) is 38.6. The van der Waals surface area contributed by atoms with Crippen molar-refractivity contribution in [3.8, 4) is 34.5 Å². The van der Waals surface area contributed by atoms with Crippen molar-refractivity contribution in [2.75, 3.05) is 58.9 Å². The number of halogens is 5. The summed E-state index contributed by atoms with van der Waals surface area (Å²) in [4.78, 5) is 23.0. The Hall–Kier alpha value is -6.83. The fraction of sp³-hybridized carbons (Fsp3) is 0.419. The molecule has 0 bridgehead atoms. The molecule has 0 radical (unpaired) electrons. The van der Waals surface area contributed by atoms with Gasteiger partial charge in [-0.1, -0.05) is 42.5 Å². The highest BCUT2D eigenvalue weighted by Crippen LogP contribution is 2.43. The Morgan fingerprint density at radius 1 is 0.487 bits per heavy atom. The lowest BCUT2D eigenvalue weighted by Gasteiger charge is -2.22. The van der Waals surface area contributed by atoms with E-state index in [1.165, 1.54) is 60.8 Å². The number of para-hydroxylation sites is 3. The maximum atomic E-state index is 13.7. The molecule has 424 valence electrons. The van der Waals surface area contributed by atoms with Gasteiger partial charge in [0.2, 0.25) is 0 Å². The lowest BCUT2D eigenvalue weighted by molar-refractivity contribution is 0.0935. The number of phenols is 2. The first-order valence-electron chi connectivity index (χ1n) is 27.5. The van der Waals surface area contributed by atoms with Crippen LogP contribution in [0.4, 0.5) is 22.0 Å². The van der Waals surface area contributed by atoms with Crippen LogP contribution in [0.3, 0.4) is 0 Å². The number of benzene rings is 5. The molecule has 6 fully saturated rings. The monoisotopic (exact) mass is 1110 g/mol. The van der Waals surface area contributed by atoms with Gasteiger partial charge in [0, 0.05) is 57.9 Å².